The van der Waals surface area contributed by atoms with E-state index in [1.165, 1.54) is 30.3 Å². The number of ether oxygens (including phenoxy) is 1. The minimum Gasteiger partial charge on any atom is -0.404 e. The molecular weight excluding hydrogens is 589 g/mol. The Labute approximate surface area is 228 Å². The first-order valence-electron chi connectivity index (χ1n) is 10.7. The second kappa shape index (κ2) is 11.8. The molecule has 0 spiro atoms. The van der Waals surface area contributed by atoms with Crippen LogP contribution in [-0.2, 0) is 4.79 Å². The lowest BCUT2D eigenvalue weighted by Crippen LogP contribution is -2.50. The highest BCUT2D eigenvalue weighted by Crippen LogP contribution is 2.38. The van der Waals surface area contributed by atoms with Gasteiger partial charge in [-0.3, -0.25) is 9.59 Å². The Morgan fingerprint density at radius 3 is 2.24 bits per heavy atom. The predicted octanol–water partition coefficient (Wildman–Crippen LogP) is 7.24. The molecule has 0 heterocycles. The molecule has 1 aliphatic rings. The molecule has 2 aromatic rings. The molecule has 0 radical (unpaired) electrons. The lowest BCUT2D eigenvalue weighted by atomic mass is 9.87. The van der Waals surface area contributed by atoms with Gasteiger partial charge in [0.05, 0.1) is 21.5 Å². The number of alkyl halides is 7. The summed E-state index contributed by atoms with van der Waals surface area (Å²) < 4.78 is 67.5. The van der Waals surface area contributed by atoms with E-state index in [1.807, 2.05) is 0 Å². The molecule has 1 aliphatic carbocycles. The van der Waals surface area contributed by atoms with E-state index >= 15 is 0 Å². The Balaban J connectivity index is 1.74. The van der Waals surface area contributed by atoms with Crippen LogP contribution in [0.5, 0.6) is 5.75 Å². The smallest absolute Gasteiger partial charge is 0.404 e. The average molecular weight is 608 g/mol. The molecule has 0 saturated heterocycles. The van der Waals surface area contributed by atoms with Crippen molar-refractivity contribution in [1.82, 2.24) is 5.32 Å². The largest absolute Gasteiger partial charge is 0.573 e. The second-order valence-corrected chi connectivity index (χ2v) is 9.81. The third-order valence-corrected chi connectivity index (χ3v) is 6.96. The van der Waals surface area contributed by atoms with Gasteiger partial charge >= 0.3 is 6.36 Å². The second-order valence-electron chi connectivity index (χ2n) is 8.38. The van der Waals surface area contributed by atoms with Crippen LogP contribution in [0.2, 0.25) is 10.0 Å². The summed E-state index contributed by atoms with van der Waals surface area (Å²) in [6, 6.07) is 6.88. The molecule has 1 fully saturated rings. The van der Waals surface area contributed by atoms with Gasteiger partial charge in [0.25, 0.3) is 11.8 Å². The summed E-state index contributed by atoms with van der Waals surface area (Å²) in [7, 11) is 0. The van der Waals surface area contributed by atoms with Gasteiger partial charge in [0.1, 0.15) is 5.75 Å². The maximum Gasteiger partial charge on any atom is 0.573 e. The van der Waals surface area contributed by atoms with Crippen LogP contribution in [0.3, 0.4) is 0 Å². The number of halogens is 9. The molecule has 1 saturated carbocycles. The normalized spacial score (nSPS) is 16.9. The number of benzene rings is 2. The van der Waals surface area contributed by atoms with Crippen molar-refractivity contribution >= 4 is 63.9 Å². The number of amides is 2. The van der Waals surface area contributed by atoms with Crippen molar-refractivity contribution < 1.29 is 36.3 Å². The fraction of sp³-hybridized carbons (Fsp3) is 0.391. The zero-order valence-corrected chi connectivity index (χ0v) is 21.7. The van der Waals surface area contributed by atoms with Gasteiger partial charge in [0.15, 0.2) is 0 Å². The maximum absolute atomic E-state index is 13.1. The molecule has 2 unspecified atom stereocenters. The van der Waals surface area contributed by atoms with Crippen LogP contribution in [0.4, 0.5) is 27.6 Å². The van der Waals surface area contributed by atoms with Crippen molar-refractivity contribution in [2.24, 2.45) is 5.92 Å². The molecule has 2 aromatic carbocycles. The van der Waals surface area contributed by atoms with E-state index in [-0.39, 0.29) is 33.1 Å². The Hall–Kier alpha value is -2.01. The summed E-state index contributed by atoms with van der Waals surface area (Å²) >= 11 is 24.1. The molecule has 2 amide bonds. The summed E-state index contributed by atoms with van der Waals surface area (Å²) in [4.78, 5) is 25.6. The SMILES string of the molecule is O=C(NC1CC(F)(F)C1)c1cc(NC(=O)C(CCl)C(CCl)c2ccc(OC(F)(F)F)c(Cl)c2)ccc1Cl. The van der Waals surface area contributed by atoms with Gasteiger partial charge in [-0.05, 0) is 35.9 Å². The highest BCUT2D eigenvalue weighted by molar-refractivity contribution is 6.34. The molecule has 0 aromatic heterocycles. The molecule has 0 aliphatic heterocycles. The summed E-state index contributed by atoms with van der Waals surface area (Å²) in [5, 5.41) is 4.78. The van der Waals surface area contributed by atoms with Crippen molar-refractivity contribution in [2.75, 3.05) is 17.1 Å². The topological polar surface area (TPSA) is 67.4 Å². The fourth-order valence-corrected chi connectivity index (χ4v) is 4.96. The molecule has 2 N–H and O–H groups in total. The molecule has 37 heavy (non-hydrogen) atoms. The Morgan fingerprint density at radius 2 is 1.70 bits per heavy atom. The molecule has 0 bridgehead atoms. The van der Waals surface area contributed by atoms with E-state index in [4.69, 9.17) is 46.4 Å². The number of carbonyl (C=O) groups is 2. The quantitative estimate of drug-likeness (QED) is 0.233. The predicted molar refractivity (Wildman–Crippen MR) is 131 cm³/mol. The van der Waals surface area contributed by atoms with E-state index in [2.05, 4.69) is 15.4 Å². The van der Waals surface area contributed by atoms with Crippen LogP contribution >= 0.6 is 46.4 Å². The Morgan fingerprint density at radius 1 is 1.03 bits per heavy atom. The molecule has 2 atom stereocenters. The molecule has 3 rings (SSSR count). The average Bonchev–Trinajstić information content (AvgIpc) is 2.77. The zero-order chi connectivity index (χ0) is 27.5. The van der Waals surface area contributed by atoms with Crippen LogP contribution in [-0.4, -0.2) is 41.9 Å². The number of hydrogen-bond acceptors (Lipinski definition) is 3. The molecule has 202 valence electrons. The van der Waals surface area contributed by atoms with Crippen molar-refractivity contribution in [3.05, 3.63) is 57.6 Å². The highest BCUT2D eigenvalue weighted by atomic mass is 35.5. The summed E-state index contributed by atoms with van der Waals surface area (Å²) in [6.45, 7) is 0. The summed E-state index contributed by atoms with van der Waals surface area (Å²) in [5.74, 6) is -6.73. The van der Waals surface area contributed by atoms with Gasteiger partial charge in [0.2, 0.25) is 5.91 Å². The van der Waals surface area contributed by atoms with E-state index in [9.17, 15) is 31.5 Å². The van der Waals surface area contributed by atoms with E-state index in [1.54, 1.807) is 0 Å². The summed E-state index contributed by atoms with van der Waals surface area (Å²) in [6.07, 6.45) is -5.89. The lowest BCUT2D eigenvalue weighted by Gasteiger charge is -2.35. The van der Waals surface area contributed by atoms with Gasteiger partial charge in [-0.2, -0.15) is 0 Å². The highest BCUT2D eigenvalue weighted by Gasteiger charge is 2.46. The van der Waals surface area contributed by atoms with Gasteiger partial charge in [0, 0.05) is 42.2 Å². The van der Waals surface area contributed by atoms with Crippen LogP contribution in [0, 0.1) is 5.92 Å². The molecular formula is C23H19Cl4F5N2O3. The number of anilines is 1. The van der Waals surface area contributed by atoms with Gasteiger partial charge in [-0.25, -0.2) is 8.78 Å². The Bertz CT molecular complexity index is 1160. The fourth-order valence-electron chi connectivity index (χ4n) is 3.78. The third kappa shape index (κ3) is 7.75. The van der Waals surface area contributed by atoms with Crippen LogP contribution in [0.15, 0.2) is 36.4 Å². The maximum atomic E-state index is 13.1. The van der Waals surface area contributed by atoms with E-state index in [0.717, 1.165) is 6.07 Å². The minimum atomic E-state index is -4.94. The molecule has 14 heteroatoms. The first kappa shape index (κ1) is 29.5. The van der Waals surface area contributed by atoms with E-state index in [0.29, 0.717) is 5.56 Å². The van der Waals surface area contributed by atoms with Gasteiger partial charge in [-0.1, -0.05) is 29.3 Å². The number of carbonyl (C=O) groups excluding carboxylic acids is 2. The van der Waals surface area contributed by atoms with Crippen molar-refractivity contribution in [2.45, 2.75) is 37.1 Å². The summed E-state index contributed by atoms with van der Waals surface area (Å²) in [5.41, 5.74) is 0.496. The third-order valence-electron chi connectivity index (χ3n) is 5.67. The minimum absolute atomic E-state index is 0.0296. The van der Waals surface area contributed by atoms with Gasteiger partial charge in [-0.15, -0.1) is 36.4 Å². The van der Waals surface area contributed by atoms with Crippen LogP contribution in [0.1, 0.15) is 34.7 Å². The van der Waals surface area contributed by atoms with Crippen molar-refractivity contribution in [1.29, 1.82) is 0 Å². The zero-order valence-electron chi connectivity index (χ0n) is 18.7. The monoisotopic (exact) mass is 606 g/mol. The standard InChI is InChI=1S/C23H19Cl4F5N2O3/c24-9-15(11-1-4-19(18(27)5-11)37-23(30,31)32)16(10-25)21(36)33-12-2-3-17(26)14(6-12)20(35)34-13-7-22(28,29)8-13/h1-6,13,15-16H,7-10H2,(H,33,36)(H,34,35). The van der Waals surface area contributed by atoms with Gasteiger partial charge < -0.3 is 15.4 Å². The lowest BCUT2D eigenvalue weighted by molar-refractivity contribution is -0.274. The van der Waals surface area contributed by atoms with Crippen molar-refractivity contribution in [3.63, 3.8) is 0 Å². The number of rotatable bonds is 9. The van der Waals surface area contributed by atoms with Crippen molar-refractivity contribution in [3.8, 4) is 5.75 Å². The first-order valence-corrected chi connectivity index (χ1v) is 12.5. The first-order chi connectivity index (χ1) is 17.2. The number of hydrogen-bond donors (Lipinski definition) is 2. The van der Waals surface area contributed by atoms with E-state index < -0.39 is 60.6 Å². The number of nitrogens with one attached hydrogen (secondary N) is 2. The molecule has 5 nitrogen and oxygen atoms in total. The van der Waals surface area contributed by atoms with Crippen LogP contribution in [0.25, 0.3) is 0 Å². The van der Waals surface area contributed by atoms with Crippen LogP contribution < -0.4 is 15.4 Å². The Kier molecular flexibility index (Phi) is 9.42.